The van der Waals surface area contributed by atoms with Gasteiger partial charge in [-0.2, -0.15) is 0 Å². The predicted octanol–water partition coefficient (Wildman–Crippen LogP) is 2.66. The highest BCUT2D eigenvalue weighted by molar-refractivity contribution is 5.64. The molecular formula is C18H27N5. The van der Waals surface area contributed by atoms with E-state index in [0.29, 0.717) is 28.7 Å². The normalized spacial score (nSPS) is 12.5. The summed E-state index contributed by atoms with van der Waals surface area (Å²) in [5.41, 5.74) is 15.1. The molecule has 6 N–H and O–H groups in total. The lowest BCUT2D eigenvalue weighted by Gasteiger charge is -2.15. The van der Waals surface area contributed by atoms with E-state index in [-0.39, 0.29) is 0 Å². The first kappa shape index (κ1) is 18.4. The van der Waals surface area contributed by atoms with Crippen molar-refractivity contribution in [1.29, 1.82) is 0 Å². The third-order valence-electron chi connectivity index (χ3n) is 3.21. The van der Waals surface area contributed by atoms with E-state index >= 15 is 0 Å². The molecule has 0 fully saturated rings. The molecule has 0 aliphatic rings. The number of rotatable bonds is 8. The van der Waals surface area contributed by atoms with Crippen LogP contribution in [0.1, 0.15) is 31.5 Å². The summed E-state index contributed by atoms with van der Waals surface area (Å²) >= 11 is 0. The van der Waals surface area contributed by atoms with Crippen LogP contribution in [-0.2, 0) is 6.42 Å². The Balaban J connectivity index is 3.00. The SMILES string of the molecule is C=C(/C=C\C=C\C)N/C(NC)=C(/N)c1ccc(CCC)c(N)n1. The summed E-state index contributed by atoms with van der Waals surface area (Å²) in [6.07, 6.45) is 9.56. The zero-order valence-electron chi connectivity index (χ0n) is 14.2. The molecule has 0 aliphatic carbocycles. The largest absolute Gasteiger partial charge is 0.394 e. The monoisotopic (exact) mass is 313 g/mol. The molecule has 0 saturated heterocycles. The molecule has 0 aromatic carbocycles. The zero-order valence-corrected chi connectivity index (χ0v) is 14.2. The highest BCUT2D eigenvalue weighted by atomic mass is 15.1. The van der Waals surface area contributed by atoms with E-state index in [1.165, 1.54) is 0 Å². The van der Waals surface area contributed by atoms with Gasteiger partial charge >= 0.3 is 0 Å². The standard InChI is InChI=1S/C18H27N5/c1-5-7-8-10-13(3)22-18(21-4)16(19)15-12-11-14(9-6-2)17(20)23-15/h5,7-8,10-12,21-22H,3,6,9,19H2,1-2,4H3,(H2,20,23)/b7-5+,10-8-,18-16+. The molecule has 1 aromatic heterocycles. The maximum atomic E-state index is 6.20. The topological polar surface area (TPSA) is 89.0 Å². The van der Waals surface area contributed by atoms with Crippen molar-refractivity contribution in [3.05, 3.63) is 65.8 Å². The Morgan fingerprint density at radius 2 is 2.09 bits per heavy atom. The van der Waals surface area contributed by atoms with E-state index in [9.17, 15) is 0 Å². The second-order valence-corrected chi connectivity index (χ2v) is 5.06. The summed E-state index contributed by atoms with van der Waals surface area (Å²) in [5, 5.41) is 6.16. The first-order valence-corrected chi connectivity index (χ1v) is 7.72. The van der Waals surface area contributed by atoms with Gasteiger partial charge in [-0.05, 0) is 31.1 Å². The molecule has 0 saturated carbocycles. The molecule has 0 bridgehead atoms. The van der Waals surface area contributed by atoms with Crippen molar-refractivity contribution in [3.8, 4) is 0 Å². The van der Waals surface area contributed by atoms with E-state index in [2.05, 4.69) is 29.1 Å². The third kappa shape index (κ3) is 5.54. The van der Waals surface area contributed by atoms with Crippen molar-refractivity contribution in [2.45, 2.75) is 26.7 Å². The Morgan fingerprint density at radius 1 is 1.35 bits per heavy atom. The van der Waals surface area contributed by atoms with Crippen LogP contribution < -0.4 is 22.1 Å². The minimum atomic E-state index is 0.489. The van der Waals surface area contributed by atoms with Crippen LogP contribution >= 0.6 is 0 Å². The fourth-order valence-corrected chi connectivity index (χ4v) is 2.01. The first-order chi connectivity index (χ1) is 11.0. The molecule has 0 spiro atoms. The number of aryl methyl sites for hydroxylation is 1. The zero-order chi connectivity index (χ0) is 17.2. The van der Waals surface area contributed by atoms with E-state index in [1.54, 1.807) is 7.05 Å². The third-order valence-corrected chi connectivity index (χ3v) is 3.21. The number of hydrogen-bond donors (Lipinski definition) is 4. The second kappa shape index (κ2) is 9.35. The van der Waals surface area contributed by atoms with Gasteiger partial charge in [0, 0.05) is 12.7 Å². The molecule has 0 atom stereocenters. The van der Waals surface area contributed by atoms with Gasteiger partial charge in [0.2, 0.25) is 0 Å². The van der Waals surface area contributed by atoms with Crippen molar-refractivity contribution in [2.75, 3.05) is 12.8 Å². The van der Waals surface area contributed by atoms with Crippen molar-refractivity contribution in [2.24, 2.45) is 5.73 Å². The molecule has 5 nitrogen and oxygen atoms in total. The van der Waals surface area contributed by atoms with Gasteiger partial charge in [-0.25, -0.2) is 4.98 Å². The fraction of sp³-hybridized carbons (Fsp3) is 0.278. The lowest BCUT2D eigenvalue weighted by atomic mass is 10.1. The number of nitrogen functional groups attached to an aromatic ring is 1. The summed E-state index contributed by atoms with van der Waals surface area (Å²) in [4.78, 5) is 4.40. The molecule has 0 radical (unpaired) electrons. The Morgan fingerprint density at radius 3 is 2.65 bits per heavy atom. The van der Waals surface area contributed by atoms with Crippen LogP contribution in [0, 0.1) is 0 Å². The number of anilines is 1. The number of hydrogen-bond acceptors (Lipinski definition) is 5. The molecule has 0 amide bonds. The average molecular weight is 313 g/mol. The van der Waals surface area contributed by atoms with Crippen LogP contribution in [0.15, 0.2) is 54.5 Å². The lowest BCUT2D eigenvalue weighted by molar-refractivity contribution is 0.848. The molecule has 0 aliphatic heterocycles. The highest BCUT2D eigenvalue weighted by Crippen LogP contribution is 2.16. The van der Waals surface area contributed by atoms with Gasteiger partial charge < -0.3 is 22.1 Å². The molecule has 1 rings (SSSR count). The highest BCUT2D eigenvalue weighted by Gasteiger charge is 2.09. The Bertz CT molecular complexity index is 626. The molecule has 0 unspecified atom stereocenters. The van der Waals surface area contributed by atoms with E-state index in [4.69, 9.17) is 11.5 Å². The van der Waals surface area contributed by atoms with E-state index < -0.39 is 0 Å². The minimum Gasteiger partial charge on any atom is -0.394 e. The van der Waals surface area contributed by atoms with Crippen LogP contribution in [0.4, 0.5) is 5.82 Å². The number of allylic oxidation sites excluding steroid dienone is 4. The van der Waals surface area contributed by atoms with Gasteiger partial charge in [-0.1, -0.05) is 44.2 Å². The van der Waals surface area contributed by atoms with Crippen molar-refractivity contribution in [1.82, 2.24) is 15.6 Å². The number of nitrogens with two attached hydrogens (primary N) is 2. The number of pyridine rings is 1. The van der Waals surface area contributed by atoms with Gasteiger partial charge in [-0.3, -0.25) is 0 Å². The first-order valence-electron chi connectivity index (χ1n) is 7.72. The minimum absolute atomic E-state index is 0.489. The van der Waals surface area contributed by atoms with Gasteiger partial charge in [0.05, 0.1) is 11.4 Å². The molecule has 1 aromatic rings. The fourth-order valence-electron chi connectivity index (χ4n) is 2.01. The number of nitrogens with one attached hydrogen (secondary N) is 2. The summed E-state index contributed by atoms with van der Waals surface area (Å²) in [7, 11) is 1.78. The summed E-state index contributed by atoms with van der Waals surface area (Å²) in [6.45, 7) is 8.00. The van der Waals surface area contributed by atoms with Gasteiger partial charge in [-0.15, -0.1) is 0 Å². The maximum Gasteiger partial charge on any atom is 0.129 e. The van der Waals surface area contributed by atoms with Gasteiger partial charge in [0.15, 0.2) is 0 Å². The van der Waals surface area contributed by atoms with E-state index in [0.717, 1.165) is 18.4 Å². The van der Waals surface area contributed by atoms with Crippen LogP contribution in [0.5, 0.6) is 0 Å². The molecule has 1 heterocycles. The van der Waals surface area contributed by atoms with Crippen LogP contribution in [0.2, 0.25) is 0 Å². The van der Waals surface area contributed by atoms with Crippen molar-refractivity contribution < 1.29 is 0 Å². The molecule has 124 valence electrons. The Kier molecular flexibility index (Phi) is 7.47. The maximum absolute atomic E-state index is 6.20. The van der Waals surface area contributed by atoms with E-state index in [1.807, 2.05) is 43.4 Å². The summed E-state index contributed by atoms with van der Waals surface area (Å²) < 4.78 is 0. The smallest absolute Gasteiger partial charge is 0.129 e. The Hall–Kier alpha value is -2.69. The predicted molar refractivity (Wildman–Crippen MR) is 99.0 cm³/mol. The quantitative estimate of drug-likeness (QED) is 0.554. The lowest BCUT2D eigenvalue weighted by Crippen LogP contribution is -2.26. The van der Waals surface area contributed by atoms with Crippen LogP contribution in [-0.4, -0.2) is 12.0 Å². The Labute approximate surface area is 138 Å². The van der Waals surface area contributed by atoms with Crippen molar-refractivity contribution in [3.63, 3.8) is 0 Å². The molecule has 23 heavy (non-hydrogen) atoms. The summed E-state index contributed by atoms with van der Waals surface area (Å²) in [5.74, 6) is 1.16. The second-order valence-electron chi connectivity index (χ2n) is 5.06. The summed E-state index contributed by atoms with van der Waals surface area (Å²) in [6, 6.07) is 3.86. The van der Waals surface area contributed by atoms with Gasteiger partial charge in [0.1, 0.15) is 11.6 Å². The van der Waals surface area contributed by atoms with Crippen molar-refractivity contribution >= 4 is 11.5 Å². The number of aromatic nitrogens is 1. The molecule has 5 heteroatoms. The average Bonchev–Trinajstić information content (AvgIpc) is 2.54. The van der Waals surface area contributed by atoms with Crippen LogP contribution in [0.3, 0.4) is 0 Å². The van der Waals surface area contributed by atoms with Crippen LogP contribution in [0.25, 0.3) is 5.70 Å². The molecular weight excluding hydrogens is 286 g/mol. The van der Waals surface area contributed by atoms with Gasteiger partial charge in [0.25, 0.3) is 0 Å². The number of nitrogens with zero attached hydrogens (tertiary/aromatic N) is 1.